The van der Waals surface area contributed by atoms with Crippen LogP contribution >= 0.6 is 34.8 Å². The van der Waals surface area contributed by atoms with Gasteiger partial charge >= 0.3 is 5.97 Å². The average molecular weight is 587 g/mol. The summed E-state index contributed by atoms with van der Waals surface area (Å²) in [6.07, 6.45) is -3.39. The number of hydrogen-bond acceptors (Lipinski definition) is 8. The largest absolute Gasteiger partial charge is 0.453 e. The average Bonchev–Trinajstić information content (AvgIpc) is 2.88. The van der Waals surface area contributed by atoms with Crippen molar-refractivity contribution in [3.05, 3.63) is 84.4 Å². The molecule has 1 heterocycles. The molecular weight excluding hydrogens is 557 g/mol. The first kappa shape index (κ1) is 30.4. The standard InChI is InChI=1S/C27H30Cl3NO7/c1-3-14-34-23-22(35-16-20-12-8-5-9-13-20)21(17-33-15-19-10-6-4-7-11-19)37-25(24(23)36-18(2)32)38-26(31)27(28,29)30/h3-13,21-25,31H,1,14-17H2,2H3/t21-,22-,23+,24-,25?/m1/s1. The highest BCUT2D eigenvalue weighted by atomic mass is 35.6. The van der Waals surface area contributed by atoms with Crippen LogP contribution in [0.2, 0.25) is 0 Å². The van der Waals surface area contributed by atoms with Crippen molar-refractivity contribution in [3.8, 4) is 0 Å². The van der Waals surface area contributed by atoms with E-state index >= 15 is 0 Å². The monoisotopic (exact) mass is 585 g/mol. The van der Waals surface area contributed by atoms with Crippen LogP contribution in [0.25, 0.3) is 0 Å². The Morgan fingerprint density at radius 3 is 2.11 bits per heavy atom. The quantitative estimate of drug-likeness (QED) is 0.117. The number of alkyl halides is 3. The number of halogens is 3. The fourth-order valence-corrected chi connectivity index (χ4v) is 3.95. The van der Waals surface area contributed by atoms with Gasteiger partial charge in [0.05, 0.1) is 26.4 Å². The highest BCUT2D eigenvalue weighted by Crippen LogP contribution is 2.34. The van der Waals surface area contributed by atoms with E-state index < -0.39 is 46.4 Å². The zero-order valence-electron chi connectivity index (χ0n) is 20.8. The number of ether oxygens (including phenoxy) is 6. The summed E-state index contributed by atoms with van der Waals surface area (Å²) in [5.41, 5.74) is 1.88. The molecule has 5 atom stereocenters. The molecule has 0 saturated carbocycles. The molecule has 1 saturated heterocycles. The molecular formula is C27H30Cl3NO7. The maximum absolute atomic E-state index is 12.0. The summed E-state index contributed by atoms with van der Waals surface area (Å²) in [4.78, 5) is 12.0. The lowest BCUT2D eigenvalue weighted by Gasteiger charge is -2.45. The minimum atomic E-state index is -2.17. The minimum absolute atomic E-state index is 0.0655. The van der Waals surface area contributed by atoms with Gasteiger partial charge in [-0.2, -0.15) is 0 Å². The van der Waals surface area contributed by atoms with Crippen molar-refractivity contribution in [2.75, 3.05) is 13.2 Å². The number of carbonyl (C=O) groups excluding carboxylic acids is 1. The molecule has 0 amide bonds. The normalized spacial score (nSPS) is 23.4. The Bertz CT molecular complexity index is 1040. The van der Waals surface area contributed by atoms with E-state index in [1.54, 1.807) is 6.08 Å². The molecule has 1 fully saturated rings. The van der Waals surface area contributed by atoms with E-state index in [1.165, 1.54) is 6.92 Å². The molecule has 1 aliphatic heterocycles. The SMILES string of the molecule is C=CCO[C@H]1[C@H](OCc2ccccc2)[C@@H](COCc2ccccc2)OC(OC(=N)C(Cl)(Cl)Cl)[C@@H]1OC(C)=O. The van der Waals surface area contributed by atoms with E-state index in [0.29, 0.717) is 6.61 Å². The van der Waals surface area contributed by atoms with Crippen LogP contribution in [0.4, 0.5) is 0 Å². The maximum Gasteiger partial charge on any atom is 0.303 e. The Labute approximate surface area is 237 Å². The second kappa shape index (κ2) is 14.8. The third kappa shape index (κ3) is 9.24. The van der Waals surface area contributed by atoms with Crippen molar-refractivity contribution in [1.29, 1.82) is 5.41 Å². The van der Waals surface area contributed by atoms with Gasteiger partial charge in [-0.3, -0.25) is 10.2 Å². The molecule has 0 aliphatic carbocycles. The van der Waals surface area contributed by atoms with Crippen molar-refractivity contribution in [3.63, 3.8) is 0 Å². The van der Waals surface area contributed by atoms with Crippen LogP contribution in [0.5, 0.6) is 0 Å². The van der Waals surface area contributed by atoms with E-state index in [0.717, 1.165) is 11.1 Å². The maximum atomic E-state index is 12.0. The van der Waals surface area contributed by atoms with Crippen molar-refractivity contribution in [2.24, 2.45) is 0 Å². The van der Waals surface area contributed by atoms with Crippen molar-refractivity contribution >= 4 is 46.7 Å². The molecule has 2 aromatic rings. The van der Waals surface area contributed by atoms with Crippen molar-refractivity contribution in [1.82, 2.24) is 0 Å². The number of esters is 1. The molecule has 11 heteroatoms. The van der Waals surface area contributed by atoms with Crippen LogP contribution in [0.3, 0.4) is 0 Å². The van der Waals surface area contributed by atoms with Crippen LogP contribution < -0.4 is 0 Å². The Morgan fingerprint density at radius 2 is 1.55 bits per heavy atom. The first-order chi connectivity index (χ1) is 18.2. The lowest BCUT2D eigenvalue weighted by atomic mass is 9.98. The van der Waals surface area contributed by atoms with E-state index in [2.05, 4.69) is 6.58 Å². The van der Waals surface area contributed by atoms with Gasteiger partial charge in [0.15, 0.2) is 6.10 Å². The van der Waals surface area contributed by atoms with Gasteiger partial charge in [-0.25, -0.2) is 0 Å². The first-order valence-corrected chi connectivity index (χ1v) is 13.0. The second-order valence-corrected chi connectivity index (χ2v) is 10.7. The molecule has 1 N–H and O–H groups in total. The molecule has 3 rings (SSSR count). The molecule has 2 aromatic carbocycles. The lowest BCUT2D eigenvalue weighted by molar-refractivity contribution is -0.302. The molecule has 0 bridgehead atoms. The Kier molecular flexibility index (Phi) is 11.9. The predicted molar refractivity (Wildman–Crippen MR) is 144 cm³/mol. The smallest absolute Gasteiger partial charge is 0.303 e. The van der Waals surface area contributed by atoms with Crippen LogP contribution in [-0.4, -0.2) is 59.6 Å². The Morgan fingerprint density at radius 1 is 0.947 bits per heavy atom. The van der Waals surface area contributed by atoms with Gasteiger partial charge in [0.2, 0.25) is 12.2 Å². The molecule has 8 nitrogen and oxygen atoms in total. The van der Waals surface area contributed by atoms with Crippen LogP contribution in [0.1, 0.15) is 18.1 Å². The summed E-state index contributed by atoms with van der Waals surface area (Å²) in [6.45, 7) is 5.65. The van der Waals surface area contributed by atoms with Crippen LogP contribution in [-0.2, 0) is 46.4 Å². The zero-order chi connectivity index (χ0) is 27.5. The fraction of sp³-hybridized carbons (Fsp3) is 0.407. The molecule has 0 radical (unpaired) electrons. The summed E-state index contributed by atoms with van der Waals surface area (Å²) < 4.78 is 33.3. The summed E-state index contributed by atoms with van der Waals surface area (Å²) in [7, 11) is 0. The molecule has 206 valence electrons. The van der Waals surface area contributed by atoms with Gasteiger partial charge in [0.1, 0.15) is 18.3 Å². The minimum Gasteiger partial charge on any atom is -0.453 e. The summed E-state index contributed by atoms with van der Waals surface area (Å²) in [5, 5.41) is 8.05. The molecule has 1 unspecified atom stereocenters. The second-order valence-electron chi connectivity index (χ2n) is 8.41. The number of rotatable bonds is 12. The van der Waals surface area contributed by atoms with Crippen LogP contribution in [0.15, 0.2) is 73.3 Å². The highest BCUT2D eigenvalue weighted by Gasteiger charge is 2.51. The fourth-order valence-electron chi connectivity index (χ4n) is 3.81. The van der Waals surface area contributed by atoms with E-state index in [9.17, 15) is 4.79 Å². The Balaban J connectivity index is 1.89. The molecule has 1 aliphatic rings. The third-order valence-corrected chi connectivity index (χ3v) is 5.99. The molecule has 0 spiro atoms. The summed E-state index contributed by atoms with van der Waals surface area (Å²) >= 11 is 17.5. The number of benzene rings is 2. The summed E-state index contributed by atoms with van der Waals surface area (Å²) in [5.74, 6) is -1.33. The van der Waals surface area contributed by atoms with Crippen molar-refractivity contribution in [2.45, 2.75) is 54.6 Å². The predicted octanol–water partition coefficient (Wildman–Crippen LogP) is 5.38. The lowest BCUT2D eigenvalue weighted by Crippen LogP contribution is -2.62. The van der Waals surface area contributed by atoms with Gasteiger partial charge in [0, 0.05) is 6.92 Å². The van der Waals surface area contributed by atoms with Gasteiger partial charge in [-0.05, 0) is 11.1 Å². The highest BCUT2D eigenvalue weighted by molar-refractivity contribution is 6.76. The number of hydrogen-bond donors (Lipinski definition) is 1. The topological polar surface area (TPSA) is 96.3 Å². The molecule has 0 aromatic heterocycles. The third-order valence-electron chi connectivity index (χ3n) is 5.47. The van der Waals surface area contributed by atoms with Crippen LogP contribution in [0, 0.1) is 5.41 Å². The Hall–Kier alpha value is -2.17. The summed E-state index contributed by atoms with van der Waals surface area (Å²) in [6, 6.07) is 19.2. The van der Waals surface area contributed by atoms with E-state index in [-0.39, 0.29) is 19.8 Å². The number of nitrogens with one attached hydrogen (secondary N) is 1. The van der Waals surface area contributed by atoms with Gasteiger partial charge < -0.3 is 28.4 Å². The first-order valence-electron chi connectivity index (χ1n) is 11.8. The van der Waals surface area contributed by atoms with Gasteiger partial charge in [-0.15, -0.1) is 6.58 Å². The number of carbonyl (C=O) groups is 1. The van der Waals surface area contributed by atoms with Gasteiger partial charge in [0.25, 0.3) is 3.79 Å². The zero-order valence-corrected chi connectivity index (χ0v) is 23.0. The van der Waals surface area contributed by atoms with Gasteiger partial charge in [-0.1, -0.05) is 102 Å². The van der Waals surface area contributed by atoms with Crippen molar-refractivity contribution < 1.29 is 33.2 Å². The molecule has 38 heavy (non-hydrogen) atoms. The van der Waals surface area contributed by atoms with E-state index in [1.807, 2.05) is 60.7 Å². The van der Waals surface area contributed by atoms with E-state index in [4.69, 9.17) is 68.6 Å².